The number of thioether (sulfide) groups is 1. The van der Waals surface area contributed by atoms with Crippen LogP contribution in [-0.2, 0) is 0 Å². The molecule has 0 aromatic rings. The predicted molar refractivity (Wildman–Crippen MR) is 34.9 cm³/mol. The van der Waals surface area contributed by atoms with Gasteiger partial charge in [0.2, 0.25) is 0 Å². The zero-order chi connectivity index (χ0) is 5.91. The second kappa shape index (κ2) is 2.55. The van der Waals surface area contributed by atoms with Crippen molar-refractivity contribution in [2.24, 2.45) is 11.7 Å². The van der Waals surface area contributed by atoms with Crippen LogP contribution in [0.15, 0.2) is 0 Å². The van der Waals surface area contributed by atoms with Crippen LogP contribution < -0.4 is 11.7 Å². The lowest BCUT2D eigenvalue weighted by Crippen LogP contribution is -2.02. The minimum atomic E-state index is 0.667. The van der Waals surface area contributed by atoms with Crippen LogP contribution in [0.2, 0.25) is 0 Å². The summed E-state index contributed by atoms with van der Waals surface area (Å²) in [5.74, 6) is 9.37. The third kappa shape index (κ3) is 4.12. The van der Waals surface area contributed by atoms with Crippen LogP contribution in [0.25, 0.3) is 0 Å². The number of nitrogens with two attached hydrogens (primary N) is 2. The summed E-state index contributed by atoms with van der Waals surface area (Å²) >= 11 is 2.03. The van der Waals surface area contributed by atoms with E-state index in [4.69, 9.17) is 0 Å². The molecule has 3 heteroatoms. The molecule has 1 aliphatic heterocycles. The molecule has 1 saturated heterocycles. The van der Waals surface area contributed by atoms with Crippen molar-refractivity contribution in [3.63, 3.8) is 0 Å². The second-order valence-corrected chi connectivity index (χ2v) is 3.73. The summed E-state index contributed by atoms with van der Waals surface area (Å²) in [7, 11) is 0. The minimum absolute atomic E-state index is 0.667. The molecule has 1 heterocycles. The lowest BCUT2D eigenvalue weighted by molar-refractivity contribution is 0.906. The van der Waals surface area contributed by atoms with Gasteiger partial charge in [0.25, 0.3) is 0 Å². The van der Waals surface area contributed by atoms with Crippen molar-refractivity contribution in [3.8, 4) is 0 Å². The molecule has 1 aliphatic rings. The zero-order valence-corrected chi connectivity index (χ0v) is 5.59. The van der Waals surface area contributed by atoms with Gasteiger partial charge >= 0.3 is 0 Å². The molecule has 2 nitrogen and oxygen atoms in total. The van der Waals surface area contributed by atoms with Crippen molar-refractivity contribution in [1.82, 2.24) is 0 Å². The molecule has 44 valence electrons. The van der Waals surface area contributed by atoms with Crippen molar-refractivity contribution in [2.45, 2.75) is 18.6 Å². The average molecular weight is 120 g/mol. The average Bonchev–Trinajstić information content (AvgIpc) is 2.26. The summed E-state index contributed by atoms with van der Waals surface area (Å²) in [5, 5.41) is 0. The van der Waals surface area contributed by atoms with E-state index in [1.54, 1.807) is 0 Å². The molecule has 1 rings (SSSR count). The Morgan fingerprint density at radius 1 is 1.43 bits per heavy atom. The van der Waals surface area contributed by atoms with Crippen molar-refractivity contribution < 1.29 is 0 Å². The van der Waals surface area contributed by atoms with Gasteiger partial charge in [-0.15, -0.1) is 0 Å². The van der Waals surface area contributed by atoms with Crippen molar-refractivity contribution in [3.05, 3.63) is 0 Å². The number of hydrogen-bond donors (Lipinski definition) is 2. The molecular weight excluding hydrogens is 108 g/mol. The first-order valence-electron chi connectivity index (χ1n) is 2.18. The number of hydrazine groups is 1. The molecule has 0 bridgehead atoms. The first-order chi connectivity index (χ1) is 3.21. The van der Waals surface area contributed by atoms with Gasteiger partial charge < -0.3 is 0 Å². The highest BCUT2D eigenvalue weighted by Gasteiger charge is 2.31. The molecule has 0 atom stereocenters. The fourth-order valence-electron chi connectivity index (χ4n) is 0.144. The van der Waals surface area contributed by atoms with E-state index in [9.17, 15) is 0 Å². The van der Waals surface area contributed by atoms with Gasteiger partial charge in [-0.2, -0.15) is 11.8 Å². The van der Waals surface area contributed by atoms with Gasteiger partial charge in [0.15, 0.2) is 0 Å². The topological polar surface area (TPSA) is 52.0 Å². The quantitative estimate of drug-likeness (QED) is 0.275. The maximum Gasteiger partial charge on any atom is 0.0194 e. The molecule has 7 heavy (non-hydrogen) atoms. The summed E-state index contributed by atoms with van der Waals surface area (Å²) in [6, 6.07) is 0. The van der Waals surface area contributed by atoms with E-state index in [1.807, 2.05) is 11.8 Å². The number of hydrogen-bond acceptors (Lipinski definition) is 3. The summed E-state index contributed by atoms with van der Waals surface area (Å²) < 4.78 is 0.667. The van der Waals surface area contributed by atoms with Crippen LogP contribution in [0.4, 0.5) is 0 Å². The zero-order valence-electron chi connectivity index (χ0n) is 4.77. The van der Waals surface area contributed by atoms with Crippen LogP contribution in [0.5, 0.6) is 0 Å². The van der Waals surface area contributed by atoms with E-state index in [1.165, 1.54) is 5.75 Å². The summed E-state index contributed by atoms with van der Waals surface area (Å²) in [6.45, 7) is 4.52. The second-order valence-electron chi connectivity index (χ2n) is 2.05. The van der Waals surface area contributed by atoms with Crippen LogP contribution >= 0.6 is 11.8 Å². The Morgan fingerprint density at radius 2 is 1.57 bits per heavy atom. The lowest BCUT2D eigenvalue weighted by atomic mass is 10.3. The maximum absolute atomic E-state index is 4.00. The highest BCUT2D eigenvalue weighted by Crippen LogP contribution is 2.42. The number of rotatable bonds is 0. The van der Waals surface area contributed by atoms with E-state index in [2.05, 4.69) is 25.5 Å². The maximum atomic E-state index is 4.00. The summed E-state index contributed by atoms with van der Waals surface area (Å²) in [4.78, 5) is 0. The van der Waals surface area contributed by atoms with Gasteiger partial charge in [-0.25, -0.2) is 0 Å². The molecule has 0 aromatic carbocycles. The van der Waals surface area contributed by atoms with Gasteiger partial charge in [-0.05, 0) is 13.8 Å². The molecule has 0 amide bonds. The molecular formula is C4H12N2S. The van der Waals surface area contributed by atoms with E-state index in [0.717, 1.165) is 0 Å². The lowest BCUT2D eigenvalue weighted by Gasteiger charge is -1.83. The van der Waals surface area contributed by atoms with Crippen molar-refractivity contribution in [2.75, 3.05) is 5.75 Å². The largest absolute Gasteiger partial charge is 0.274 e. The normalized spacial score (nSPS) is 22.3. The summed E-state index contributed by atoms with van der Waals surface area (Å²) in [6.07, 6.45) is 0. The first-order valence-corrected chi connectivity index (χ1v) is 3.17. The van der Waals surface area contributed by atoms with Crippen LogP contribution in [-0.4, -0.2) is 10.5 Å². The van der Waals surface area contributed by atoms with E-state index in [-0.39, 0.29) is 0 Å². The molecule has 0 aliphatic carbocycles. The standard InChI is InChI=1S/C4H8S.H4N2/c1-4(2)3-5-4;1-2/h3H2,1-2H3;1-2H2. The molecule has 4 N–H and O–H groups in total. The Labute approximate surface area is 48.6 Å². The Balaban J connectivity index is 0.000000162. The smallest absolute Gasteiger partial charge is 0.0194 e. The molecule has 0 aromatic heterocycles. The van der Waals surface area contributed by atoms with Crippen molar-refractivity contribution >= 4 is 11.8 Å². The van der Waals surface area contributed by atoms with Gasteiger partial charge in [-0.3, -0.25) is 11.7 Å². The Bertz CT molecular complexity index is 47.7. The van der Waals surface area contributed by atoms with Gasteiger partial charge in [0, 0.05) is 10.5 Å². The molecule has 0 radical (unpaired) electrons. The van der Waals surface area contributed by atoms with Crippen LogP contribution in [0, 0.1) is 0 Å². The SMILES string of the molecule is CC1(C)CS1.NN. The Morgan fingerprint density at radius 3 is 1.57 bits per heavy atom. The molecule has 0 saturated carbocycles. The van der Waals surface area contributed by atoms with Gasteiger partial charge in [-0.1, -0.05) is 0 Å². The minimum Gasteiger partial charge on any atom is -0.274 e. The fraction of sp³-hybridized carbons (Fsp3) is 1.00. The van der Waals surface area contributed by atoms with Crippen molar-refractivity contribution in [1.29, 1.82) is 0 Å². The van der Waals surface area contributed by atoms with Gasteiger partial charge in [0.1, 0.15) is 0 Å². The molecule has 1 fully saturated rings. The molecule has 0 unspecified atom stereocenters. The van der Waals surface area contributed by atoms with E-state index in [0.29, 0.717) is 4.75 Å². The Hall–Kier alpha value is 0.270. The molecule has 0 spiro atoms. The Kier molecular flexibility index (Phi) is 2.64. The highest BCUT2D eigenvalue weighted by molar-refractivity contribution is 8.07. The van der Waals surface area contributed by atoms with Gasteiger partial charge in [0.05, 0.1) is 0 Å². The predicted octanol–water partition coefficient (Wildman–Crippen LogP) is 0.331. The third-order valence-corrected chi connectivity index (χ3v) is 2.17. The monoisotopic (exact) mass is 120 g/mol. The first kappa shape index (κ1) is 7.27. The van der Waals surface area contributed by atoms with Crippen LogP contribution in [0.1, 0.15) is 13.8 Å². The van der Waals surface area contributed by atoms with E-state index >= 15 is 0 Å². The summed E-state index contributed by atoms with van der Waals surface area (Å²) in [5.41, 5.74) is 0. The highest BCUT2D eigenvalue weighted by atomic mass is 32.2. The van der Waals surface area contributed by atoms with Crippen LogP contribution in [0.3, 0.4) is 0 Å². The van der Waals surface area contributed by atoms with E-state index < -0.39 is 0 Å². The fourth-order valence-corrected chi connectivity index (χ4v) is 0.433. The third-order valence-electron chi connectivity index (χ3n) is 0.722.